The van der Waals surface area contributed by atoms with Crippen LogP contribution in [0.25, 0.3) is 0 Å². The second-order valence-corrected chi connectivity index (χ2v) is 3.46. The molecular formula is C8H15NO6. The summed E-state index contributed by atoms with van der Waals surface area (Å²) in [5, 5.41) is 39.4. The molecule has 0 unspecified atom stereocenters. The van der Waals surface area contributed by atoms with Gasteiger partial charge in [-0.2, -0.15) is 0 Å². The van der Waals surface area contributed by atoms with E-state index in [9.17, 15) is 20.1 Å². The Kier molecular flexibility index (Phi) is 4.00. The predicted molar refractivity (Wildman–Crippen MR) is 47.6 cm³/mol. The number of nitrogens with one attached hydrogen (secondary N) is 1. The summed E-state index contributed by atoms with van der Waals surface area (Å²) in [6.07, 6.45) is -5.26. The Balaban J connectivity index is 2.74. The Morgan fingerprint density at radius 1 is 1.33 bits per heavy atom. The Morgan fingerprint density at radius 2 is 1.93 bits per heavy atom. The number of aliphatic hydroxyl groups is 4. The van der Waals surface area contributed by atoms with Crippen LogP contribution in [0.1, 0.15) is 6.92 Å². The smallest absolute Gasteiger partial charge is 0.217 e. The highest BCUT2D eigenvalue weighted by molar-refractivity contribution is 5.73. The zero-order valence-electron chi connectivity index (χ0n) is 8.20. The molecule has 1 saturated heterocycles. The van der Waals surface area contributed by atoms with Crippen LogP contribution < -0.4 is 5.32 Å². The van der Waals surface area contributed by atoms with Gasteiger partial charge in [-0.15, -0.1) is 0 Å². The third-order valence-electron chi connectivity index (χ3n) is 2.27. The van der Waals surface area contributed by atoms with Crippen LogP contribution in [0.3, 0.4) is 0 Å². The van der Waals surface area contributed by atoms with Gasteiger partial charge in [0.1, 0.15) is 18.3 Å². The molecule has 88 valence electrons. The van der Waals surface area contributed by atoms with Crippen molar-refractivity contribution in [3.8, 4) is 0 Å². The van der Waals surface area contributed by atoms with Gasteiger partial charge in [-0.25, -0.2) is 0 Å². The van der Waals surface area contributed by atoms with Gasteiger partial charge in [-0.05, 0) is 0 Å². The molecule has 1 aliphatic heterocycles. The number of hydrogen-bond acceptors (Lipinski definition) is 6. The monoisotopic (exact) mass is 221 g/mol. The highest BCUT2D eigenvalue weighted by Gasteiger charge is 2.43. The molecule has 0 aromatic heterocycles. The summed E-state index contributed by atoms with van der Waals surface area (Å²) in [5.41, 5.74) is 0. The van der Waals surface area contributed by atoms with Gasteiger partial charge in [-0.3, -0.25) is 4.79 Å². The highest BCUT2D eigenvalue weighted by atomic mass is 16.6. The van der Waals surface area contributed by atoms with Crippen molar-refractivity contribution in [2.45, 2.75) is 37.6 Å². The van der Waals surface area contributed by atoms with Crippen LogP contribution >= 0.6 is 0 Å². The first-order valence-electron chi connectivity index (χ1n) is 4.55. The number of hydrogen-bond donors (Lipinski definition) is 5. The van der Waals surface area contributed by atoms with Gasteiger partial charge in [-0.1, -0.05) is 0 Å². The first kappa shape index (κ1) is 12.3. The molecule has 0 aromatic carbocycles. The molecule has 1 aliphatic rings. The summed E-state index contributed by atoms with van der Waals surface area (Å²) in [7, 11) is 0. The standard InChI is InChI=1S/C8H15NO6/c1-3(11)9-5-6(12)4(2-10)15-8(14)7(5)13/h4-8,10,12-14H,2H2,1H3,(H,9,11)/t4-,5+,6+,7-,8-/m1/s1. The minimum atomic E-state index is -1.54. The quantitative estimate of drug-likeness (QED) is 0.337. The SMILES string of the molecule is CC(=O)N[C@@H]1[C@@H](O)[C@H](O)O[C@H](CO)[C@@H]1O. The molecule has 5 atom stereocenters. The van der Waals surface area contributed by atoms with Gasteiger partial charge in [0.15, 0.2) is 6.29 Å². The Hall–Kier alpha value is -0.730. The minimum Gasteiger partial charge on any atom is -0.394 e. The van der Waals surface area contributed by atoms with Gasteiger partial charge in [0, 0.05) is 6.92 Å². The van der Waals surface area contributed by atoms with Crippen LogP contribution in [0, 0.1) is 0 Å². The Bertz CT molecular complexity index is 235. The average Bonchev–Trinajstić information content (AvgIpc) is 2.18. The fourth-order valence-electron chi connectivity index (χ4n) is 1.51. The second-order valence-electron chi connectivity index (χ2n) is 3.46. The lowest BCUT2D eigenvalue weighted by molar-refractivity contribution is -0.261. The van der Waals surface area contributed by atoms with E-state index in [1.54, 1.807) is 0 Å². The maximum Gasteiger partial charge on any atom is 0.217 e. The van der Waals surface area contributed by atoms with E-state index in [0.717, 1.165) is 0 Å². The summed E-state index contributed by atoms with van der Waals surface area (Å²) in [5.74, 6) is -0.455. The molecule has 0 aliphatic carbocycles. The predicted octanol–water partition coefficient (Wildman–Crippen LogP) is -3.08. The highest BCUT2D eigenvalue weighted by Crippen LogP contribution is 2.19. The molecule has 0 aromatic rings. The van der Waals surface area contributed by atoms with Crippen LogP contribution in [-0.2, 0) is 9.53 Å². The van der Waals surface area contributed by atoms with Crippen molar-refractivity contribution in [3.63, 3.8) is 0 Å². The third kappa shape index (κ3) is 2.64. The Morgan fingerprint density at radius 3 is 2.40 bits per heavy atom. The molecule has 15 heavy (non-hydrogen) atoms. The van der Waals surface area contributed by atoms with E-state index in [2.05, 4.69) is 5.32 Å². The largest absolute Gasteiger partial charge is 0.394 e. The van der Waals surface area contributed by atoms with Gasteiger partial charge in [0.2, 0.25) is 5.91 Å². The van der Waals surface area contributed by atoms with Gasteiger partial charge >= 0.3 is 0 Å². The molecule has 7 nitrogen and oxygen atoms in total. The fourth-order valence-corrected chi connectivity index (χ4v) is 1.51. The lowest BCUT2D eigenvalue weighted by Gasteiger charge is -2.40. The van der Waals surface area contributed by atoms with Gasteiger partial charge in [0.25, 0.3) is 0 Å². The molecule has 0 saturated carbocycles. The molecule has 0 bridgehead atoms. The number of carbonyl (C=O) groups is 1. The van der Waals surface area contributed by atoms with E-state index in [-0.39, 0.29) is 0 Å². The summed E-state index contributed by atoms with van der Waals surface area (Å²) >= 11 is 0. The summed E-state index contributed by atoms with van der Waals surface area (Å²) in [6.45, 7) is 0.705. The molecule has 0 radical (unpaired) electrons. The topological polar surface area (TPSA) is 119 Å². The first-order chi connectivity index (χ1) is 6.97. The van der Waals surface area contributed by atoms with E-state index in [4.69, 9.17) is 9.84 Å². The van der Waals surface area contributed by atoms with Crippen LogP contribution in [0.4, 0.5) is 0 Å². The average molecular weight is 221 g/mol. The number of aliphatic hydroxyl groups excluding tert-OH is 4. The first-order valence-corrected chi connectivity index (χ1v) is 4.55. The summed E-state index contributed by atoms with van der Waals surface area (Å²) in [6, 6.07) is -1.05. The number of rotatable bonds is 2. The molecule has 1 amide bonds. The van der Waals surface area contributed by atoms with Crippen LogP contribution in [0.2, 0.25) is 0 Å². The lowest BCUT2D eigenvalue weighted by atomic mass is 9.96. The van der Waals surface area contributed by atoms with Gasteiger partial charge in [0.05, 0.1) is 12.6 Å². The maximum atomic E-state index is 10.8. The van der Waals surface area contributed by atoms with Crippen molar-refractivity contribution in [1.29, 1.82) is 0 Å². The molecule has 1 fully saturated rings. The van der Waals surface area contributed by atoms with Crippen molar-refractivity contribution in [2.24, 2.45) is 0 Å². The number of amides is 1. The summed E-state index contributed by atoms with van der Waals surface area (Å²) < 4.78 is 4.73. The summed E-state index contributed by atoms with van der Waals surface area (Å²) in [4.78, 5) is 10.8. The normalized spacial score (nSPS) is 41.3. The Labute approximate surface area is 86.3 Å². The lowest BCUT2D eigenvalue weighted by Crippen LogP contribution is -2.64. The molecule has 5 N–H and O–H groups in total. The zero-order chi connectivity index (χ0) is 11.6. The van der Waals surface area contributed by atoms with Crippen molar-refractivity contribution in [3.05, 3.63) is 0 Å². The van der Waals surface area contributed by atoms with Crippen molar-refractivity contribution >= 4 is 5.91 Å². The van der Waals surface area contributed by atoms with Gasteiger partial charge < -0.3 is 30.5 Å². The maximum absolute atomic E-state index is 10.8. The van der Waals surface area contributed by atoms with Crippen molar-refractivity contribution in [2.75, 3.05) is 6.61 Å². The van der Waals surface area contributed by atoms with E-state index in [0.29, 0.717) is 0 Å². The zero-order valence-corrected chi connectivity index (χ0v) is 8.20. The fraction of sp³-hybridized carbons (Fsp3) is 0.875. The molecule has 7 heteroatoms. The molecular weight excluding hydrogens is 206 g/mol. The minimum absolute atomic E-state index is 0.455. The van der Waals surface area contributed by atoms with E-state index >= 15 is 0 Å². The molecule has 1 heterocycles. The second kappa shape index (κ2) is 4.86. The molecule has 0 spiro atoms. The molecule has 1 rings (SSSR count). The third-order valence-corrected chi connectivity index (χ3v) is 2.27. The number of carbonyl (C=O) groups excluding carboxylic acids is 1. The van der Waals surface area contributed by atoms with Crippen LogP contribution in [0.15, 0.2) is 0 Å². The van der Waals surface area contributed by atoms with Crippen molar-refractivity contribution in [1.82, 2.24) is 5.32 Å². The number of ether oxygens (including phenoxy) is 1. The van der Waals surface area contributed by atoms with Crippen molar-refractivity contribution < 1.29 is 30.0 Å². The van der Waals surface area contributed by atoms with E-state index < -0.39 is 43.2 Å². The van der Waals surface area contributed by atoms with E-state index in [1.165, 1.54) is 6.92 Å². The van der Waals surface area contributed by atoms with E-state index in [1.807, 2.05) is 0 Å². The van der Waals surface area contributed by atoms with Crippen LogP contribution in [0.5, 0.6) is 0 Å². The van der Waals surface area contributed by atoms with Crippen LogP contribution in [-0.4, -0.2) is 63.6 Å².